The van der Waals surface area contributed by atoms with E-state index in [2.05, 4.69) is 10.1 Å². The molecule has 0 radical (unpaired) electrons. The van der Waals surface area contributed by atoms with E-state index in [4.69, 9.17) is 9.47 Å². The number of ketones is 1. The standard InChI is InChI=1S/C18H30N2O7/c1-12(16(23)27-18(2,3)4)26-14-7-6-10-20(14)17(24)19-11-13(21)8-9-15(22)25-5/h12,14H,6-11H2,1-5H3,(H,19,24)/t12?,14-/m0/s1. The SMILES string of the molecule is COC(=O)CCC(=O)CNC(=O)N1CCC[C@@H]1OC(C)C(=O)OC(C)(C)C. The number of methoxy groups -OCH3 is 1. The van der Waals surface area contributed by atoms with Crippen LogP contribution in [0.1, 0.15) is 53.4 Å². The molecule has 1 saturated heterocycles. The van der Waals surface area contributed by atoms with Gasteiger partial charge in [-0.2, -0.15) is 0 Å². The highest BCUT2D eigenvalue weighted by Crippen LogP contribution is 2.21. The second-order valence-corrected chi connectivity index (χ2v) is 7.38. The van der Waals surface area contributed by atoms with Gasteiger partial charge in [0.15, 0.2) is 11.9 Å². The van der Waals surface area contributed by atoms with Gasteiger partial charge < -0.3 is 19.5 Å². The third-order valence-electron chi connectivity index (χ3n) is 3.83. The number of nitrogens with zero attached hydrogens (tertiary/aromatic N) is 1. The Kier molecular flexibility index (Phi) is 8.68. The molecule has 0 aliphatic carbocycles. The molecule has 0 aromatic carbocycles. The molecule has 9 nitrogen and oxygen atoms in total. The van der Waals surface area contributed by atoms with Gasteiger partial charge in [-0.05, 0) is 40.5 Å². The molecule has 0 aromatic heterocycles. The van der Waals surface area contributed by atoms with Crippen molar-refractivity contribution in [1.82, 2.24) is 10.2 Å². The largest absolute Gasteiger partial charge is 0.469 e. The summed E-state index contributed by atoms with van der Waals surface area (Å²) in [6.45, 7) is 7.17. The van der Waals surface area contributed by atoms with Crippen LogP contribution < -0.4 is 5.32 Å². The summed E-state index contributed by atoms with van der Waals surface area (Å²) in [6.07, 6.45) is -0.0647. The van der Waals surface area contributed by atoms with Crippen LogP contribution in [0.25, 0.3) is 0 Å². The summed E-state index contributed by atoms with van der Waals surface area (Å²) in [5.74, 6) is -1.24. The fourth-order valence-electron chi connectivity index (χ4n) is 2.49. The smallest absolute Gasteiger partial charge is 0.335 e. The van der Waals surface area contributed by atoms with Crippen molar-refractivity contribution >= 4 is 23.8 Å². The summed E-state index contributed by atoms with van der Waals surface area (Å²) in [5.41, 5.74) is -0.619. The van der Waals surface area contributed by atoms with Gasteiger partial charge in [-0.25, -0.2) is 9.59 Å². The lowest BCUT2D eigenvalue weighted by Crippen LogP contribution is -2.47. The van der Waals surface area contributed by atoms with Crippen molar-refractivity contribution in [1.29, 1.82) is 0 Å². The Morgan fingerprint density at radius 2 is 1.85 bits per heavy atom. The van der Waals surface area contributed by atoms with E-state index in [1.165, 1.54) is 12.0 Å². The quantitative estimate of drug-likeness (QED) is 0.627. The number of carbonyl (C=O) groups is 4. The van der Waals surface area contributed by atoms with Crippen LogP contribution in [-0.4, -0.2) is 66.8 Å². The van der Waals surface area contributed by atoms with Crippen LogP contribution in [0.4, 0.5) is 4.79 Å². The van der Waals surface area contributed by atoms with Crippen LogP contribution in [0.2, 0.25) is 0 Å². The van der Waals surface area contributed by atoms with Gasteiger partial charge in [0.2, 0.25) is 0 Å². The number of likely N-dealkylation sites (tertiary alicyclic amines) is 1. The van der Waals surface area contributed by atoms with E-state index in [0.717, 1.165) is 6.42 Å². The Hall–Kier alpha value is -2.16. The Morgan fingerprint density at radius 3 is 2.44 bits per heavy atom. The molecule has 154 valence electrons. The molecule has 2 atom stereocenters. The Bertz CT molecular complexity index is 556. The first kappa shape index (κ1) is 22.9. The van der Waals surface area contributed by atoms with Gasteiger partial charge in [-0.15, -0.1) is 0 Å². The van der Waals surface area contributed by atoms with Gasteiger partial charge in [0, 0.05) is 13.0 Å². The fourth-order valence-corrected chi connectivity index (χ4v) is 2.49. The third-order valence-corrected chi connectivity index (χ3v) is 3.83. The molecule has 1 unspecified atom stereocenters. The number of amides is 2. The van der Waals surface area contributed by atoms with Gasteiger partial charge in [0.05, 0.1) is 20.1 Å². The molecule has 1 fully saturated rings. The van der Waals surface area contributed by atoms with Crippen LogP contribution in [-0.2, 0) is 28.6 Å². The first-order valence-electron chi connectivity index (χ1n) is 9.05. The molecule has 1 N–H and O–H groups in total. The maximum absolute atomic E-state index is 12.3. The maximum Gasteiger partial charge on any atom is 0.335 e. The van der Waals surface area contributed by atoms with Crippen molar-refractivity contribution < 1.29 is 33.4 Å². The second-order valence-electron chi connectivity index (χ2n) is 7.38. The molecule has 0 saturated carbocycles. The number of hydrogen-bond acceptors (Lipinski definition) is 7. The van der Waals surface area contributed by atoms with Crippen molar-refractivity contribution in [2.75, 3.05) is 20.2 Å². The Labute approximate surface area is 159 Å². The van der Waals surface area contributed by atoms with Gasteiger partial charge in [0.1, 0.15) is 11.8 Å². The van der Waals surface area contributed by atoms with E-state index in [1.54, 1.807) is 27.7 Å². The predicted molar refractivity (Wildman–Crippen MR) is 95.8 cm³/mol. The molecular formula is C18H30N2O7. The first-order valence-corrected chi connectivity index (χ1v) is 9.05. The zero-order chi connectivity index (χ0) is 20.6. The minimum absolute atomic E-state index is 0.00254. The lowest BCUT2D eigenvalue weighted by Gasteiger charge is -2.28. The monoisotopic (exact) mass is 386 g/mol. The molecular weight excluding hydrogens is 356 g/mol. The molecule has 1 aliphatic heterocycles. The van der Waals surface area contributed by atoms with Crippen LogP contribution in [0, 0.1) is 0 Å². The van der Waals surface area contributed by atoms with E-state index in [0.29, 0.717) is 13.0 Å². The maximum atomic E-state index is 12.3. The van der Waals surface area contributed by atoms with Gasteiger partial charge in [-0.3, -0.25) is 14.5 Å². The van der Waals surface area contributed by atoms with Crippen LogP contribution in [0.15, 0.2) is 0 Å². The average molecular weight is 386 g/mol. The highest BCUT2D eigenvalue weighted by Gasteiger charge is 2.33. The van der Waals surface area contributed by atoms with Crippen molar-refractivity contribution in [3.63, 3.8) is 0 Å². The van der Waals surface area contributed by atoms with E-state index < -0.39 is 35.9 Å². The topological polar surface area (TPSA) is 111 Å². The number of hydrogen-bond donors (Lipinski definition) is 1. The summed E-state index contributed by atoms with van der Waals surface area (Å²) < 4.78 is 15.4. The molecule has 27 heavy (non-hydrogen) atoms. The van der Waals surface area contributed by atoms with Crippen molar-refractivity contribution in [2.24, 2.45) is 0 Å². The van der Waals surface area contributed by atoms with Crippen molar-refractivity contribution in [2.45, 2.75) is 71.3 Å². The van der Waals surface area contributed by atoms with Gasteiger partial charge >= 0.3 is 18.0 Å². The molecule has 1 rings (SSSR count). The molecule has 9 heteroatoms. The molecule has 2 amide bonds. The summed E-state index contributed by atoms with van der Waals surface area (Å²) in [5, 5.41) is 2.53. The molecule has 1 heterocycles. The van der Waals surface area contributed by atoms with E-state index in [9.17, 15) is 19.2 Å². The molecule has 0 spiro atoms. The van der Waals surface area contributed by atoms with Crippen LogP contribution >= 0.6 is 0 Å². The zero-order valence-electron chi connectivity index (χ0n) is 16.7. The number of urea groups is 1. The molecule has 1 aliphatic rings. The van der Waals surface area contributed by atoms with Crippen molar-refractivity contribution in [3.05, 3.63) is 0 Å². The number of Topliss-reactive ketones (excluding diaryl/α,β-unsaturated/α-hetero) is 1. The minimum atomic E-state index is -0.815. The normalized spacial score (nSPS) is 18.0. The third kappa shape index (κ3) is 8.38. The number of carbonyl (C=O) groups excluding carboxylic acids is 4. The van der Waals surface area contributed by atoms with Gasteiger partial charge in [-0.1, -0.05) is 0 Å². The fraction of sp³-hybridized carbons (Fsp3) is 0.778. The summed E-state index contributed by atoms with van der Waals surface area (Å²) in [4.78, 5) is 48.6. The number of esters is 2. The Balaban J connectivity index is 2.46. The predicted octanol–water partition coefficient (Wildman–Crippen LogP) is 1.39. The van der Waals surface area contributed by atoms with Gasteiger partial charge in [0.25, 0.3) is 0 Å². The minimum Gasteiger partial charge on any atom is -0.469 e. The highest BCUT2D eigenvalue weighted by molar-refractivity contribution is 5.87. The number of nitrogens with one attached hydrogen (secondary N) is 1. The Morgan fingerprint density at radius 1 is 1.19 bits per heavy atom. The van der Waals surface area contributed by atoms with E-state index in [-0.39, 0.29) is 25.2 Å². The number of rotatable bonds is 8. The second kappa shape index (κ2) is 10.2. The molecule has 0 bridgehead atoms. The molecule has 0 aromatic rings. The van der Waals surface area contributed by atoms with Crippen LogP contribution in [0.5, 0.6) is 0 Å². The number of ether oxygens (including phenoxy) is 3. The van der Waals surface area contributed by atoms with E-state index in [1.807, 2.05) is 0 Å². The van der Waals surface area contributed by atoms with Crippen LogP contribution in [0.3, 0.4) is 0 Å². The lowest BCUT2D eigenvalue weighted by molar-refractivity contribution is -0.174. The van der Waals surface area contributed by atoms with Crippen molar-refractivity contribution in [3.8, 4) is 0 Å². The average Bonchev–Trinajstić information content (AvgIpc) is 3.03. The highest BCUT2D eigenvalue weighted by atomic mass is 16.6. The van der Waals surface area contributed by atoms with E-state index >= 15 is 0 Å². The summed E-state index contributed by atoms with van der Waals surface area (Å²) in [7, 11) is 1.25. The zero-order valence-corrected chi connectivity index (χ0v) is 16.7. The first-order chi connectivity index (χ1) is 12.5. The summed E-state index contributed by atoms with van der Waals surface area (Å²) in [6, 6.07) is -0.444. The lowest BCUT2D eigenvalue weighted by atomic mass is 10.2. The summed E-state index contributed by atoms with van der Waals surface area (Å²) >= 11 is 0.